The largest absolute Gasteiger partial charge is 0.496 e. The second-order valence-electron chi connectivity index (χ2n) is 10.5. The molecule has 1 unspecified atom stereocenters. The molecule has 0 radical (unpaired) electrons. The van der Waals surface area contributed by atoms with Crippen molar-refractivity contribution in [3.8, 4) is 17.1 Å². The molecule has 0 spiro atoms. The summed E-state index contributed by atoms with van der Waals surface area (Å²) in [6, 6.07) is 31.9. The number of benzene rings is 4. The molecule has 0 aliphatic carbocycles. The summed E-state index contributed by atoms with van der Waals surface area (Å²) in [4.78, 5) is 40.2. The van der Waals surface area contributed by atoms with Gasteiger partial charge in [0.1, 0.15) is 23.0 Å². The number of hydrogen-bond donors (Lipinski definition) is 3. The van der Waals surface area contributed by atoms with E-state index >= 15 is 0 Å². The molecule has 3 N–H and O–H groups in total. The Morgan fingerprint density at radius 2 is 1.60 bits per heavy atom. The van der Waals surface area contributed by atoms with Crippen LogP contribution in [0.15, 0.2) is 124 Å². The monoisotopic (exact) mass is 665 g/mol. The molecule has 4 aromatic carbocycles. The Hall–Kier alpha value is -5.25. The maximum Gasteiger partial charge on any atom is 0.272 e. The first-order valence-electron chi connectivity index (χ1n) is 14.7. The molecule has 47 heavy (non-hydrogen) atoms. The summed E-state index contributed by atoms with van der Waals surface area (Å²) in [6.45, 7) is 3.72. The van der Waals surface area contributed by atoms with Crippen LogP contribution in [0.4, 0.5) is 11.4 Å². The van der Waals surface area contributed by atoms with Crippen molar-refractivity contribution in [3.63, 3.8) is 0 Å². The zero-order chi connectivity index (χ0) is 33.3. The zero-order valence-electron chi connectivity index (χ0n) is 25.9. The summed E-state index contributed by atoms with van der Waals surface area (Å²) in [6.07, 6.45) is 1.47. The summed E-state index contributed by atoms with van der Waals surface area (Å²) in [5, 5.41) is 8.63. The van der Waals surface area contributed by atoms with Gasteiger partial charge in [-0.3, -0.25) is 14.4 Å². The molecule has 1 aromatic heterocycles. The fourth-order valence-corrected chi connectivity index (χ4v) is 5.58. The third kappa shape index (κ3) is 8.72. The number of furan rings is 1. The van der Waals surface area contributed by atoms with Crippen molar-refractivity contribution in [1.82, 2.24) is 5.32 Å². The molecule has 8 nitrogen and oxygen atoms in total. The van der Waals surface area contributed by atoms with E-state index in [1.807, 2.05) is 56.3 Å². The predicted octanol–water partition coefficient (Wildman–Crippen LogP) is 8.45. The minimum Gasteiger partial charge on any atom is -0.496 e. The number of nitrogens with one attached hydrogen (secondary N) is 3. The van der Waals surface area contributed by atoms with Crippen LogP contribution in [-0.2, 0) is 9.59 Å². The summed E-state index contributed by atoms with van der Waals surface area (Å²) in [5.41, 5.74) is 3.21. The van der Waals surface area contributed by atoms with Crippen LogP contribution in [0, 0.1) is 6.92 Å². The Bertz CT molecular complexity index is 1920. The van der Waals surface area contributed by atoms with Gasteiger partial charge in [-0.1, -0.05) is 48.0 Å². The molecule has 0 aliphatic heterocycles. The summed E-state index contributed by atoms with van der Waals surface area (Å²) in [7, 11) is 1.58. The highest BCUT2D eigenvalue weighted by Crippen LogP contribution is 2.32. The van der Waals surface area contributed by atoms with Gasteiger partial charge >= 0.3 is 0 Å². The van der Waals surface area contributed by atoms with Crippen LogP contribution in [0.25, 0.3) is 17.4 Å². The van der Waals surface area contributed by atoms with E-state index < -0.39 is 17.1 Å². The van der Waals surface area contributed by atoms with Gasteiger partial charge in [-0.2, -0.15) is 0 Å². The molecule has 0 saturated carbocycles. The number of anilines is 2. The van der Waals surface area contributed by atoms with Crippen molar-refractivity contribution in [2.24, 2.45) is 0 Å². The van der Waals surface area contributed by atoms with Crippen LogP contribution < -0.4 is 20.7 Å². The molecule has 1 heterocycles. The van der Waals surface area contributed by atoms with E-state index in [1.54, 1.807) is 73.8 Å². The topological polar surface area (TPSA) is 110 Å². The molecule has 0 fully saturated rings. The molecule has 5 aromatic rings. The Morgan fingerprint density at radius 3 is 2.34 bits per heavy atom. The number of amides is 3. The second kappa shape index (κ2) is 15.4. The zero-order valence-corrected chi connectivity index (χ0v) is 27.4. The predicted molar refractivity (Wildman–Crippen MR) is 188 cm³/mol. The van der Waals surface area contributed by atoms with Crippen LogP contribution in [-0.4, -0.2) is 30.1 Å². The van der Waals surface area contributed by atoms with Gasteiger partial charge < -0.3 is 25.1 Å². The quantitative estimate of drug-likeness (QED) is 0.0965. The maximum absolute atomic E-state index is 13.5. The Labute approximate surface area is 282 Å². The van der Waals surface area contributed by atoms with Crippen LogP contribution in [0.1, 0.15) is 28.6 Å². The number of para-hydroxylation sites is 1. The average molecular weight is 666 g/mol. The summed E-state index contributed by atoms with van der Waals surface area (Å²) >= 11 is 7.47. The molecule has 1 atom stereocenters. The van der Waals surface area contributed by atoms with E-state index in [1.165, 1.54) is 17.8 Å². The van der Waals surface area contributed by atoms with Crippen molar-refractivity contribution >= 4 is 58.5 Å². The minimum atomic E-state index is -0.547. The Morgan fingerprint density at radius 1 is 0.872 bits per heavy atom. The fourth-order valence-electron chi connectivity index (χ4n) is 4.54. The lowest BCUT2D eigenvalue weighted by Crippen LogP contribution is -2.30. The van der Waals surface area contributed by atoms with Crippen molar-refractivity contribution in [3.05, 3.63) is 137 Å². The second-order valence-corrected chi connectivity index (χ2v) is 12.3. The first-order valence-corrected chi connectivity index (χ1v) is 15.9. The fraction of sp³-hybridized carbons (Fsp3) is 0.108. The van der Waals surface area contributed by atoms with Gasteiger partial charge in [-0.25, -0.2) is 0 Å². The van der Waals surface area contributed by atoms with Crippen molar-refractivity contribution in [2.45, 2.75) is 24.0 Å². The number of ether oxygens (including phenoxy) is 1. The minimum absolute atomic E-state index is 0.0140. The highest BCUT2D eigenvalue weighted by Gasteiger charge is 2.18. The maximum atomic E-state index is 13.5. The van der Waals surface area contributed by atoms with Gasteiger partial charge in [0.2, 0.25) is 5.91 Å². The number of hydrogen-bond acceptors (Lipinski definition) is 6. The molecule has 0 bridgehead atoms. The van der Waals surface area contributed by atoms with E-state index in [0.29, 0.717) is 39.2 Å². The molecule has 0 saturated heterocycles. The van der Waals surface area contributed by atoms with E-state index in [4.69, 9.17) is 20.8 Å². The number of aryl methyl sites for hydroxylation is 1. The third-order valence-corrected chi connectivity index (χ3v) is 8.41. The van der Waals surface area contributed by atoms with Crippen LogP contribution in [0.2, 0.25) is 5.02 Å². The molecule has 3 amide bonds. The van der Waals surface area contributed by atoms with E-state index in [0.717, 1.165) is 16.0 Å². The van der Waals surface area contributed by atoms with Gasteiger partial charge in [0.05, 0.1) is 17.9 Å². The number of rotatable bonds is 11. The highest BCUT2D eigenvalue weighted by atomic mass is 35.5. The molecule has 238 valence electrons. The number of carbonyl (C=O) groups is 3. The number of methoxy groups -OCH3 is 1. The Balaban J connectivity index is 1.30. The highest BCUT2D eigenvalue weighted by molar-refractivity contribution is 8.00. The number of halogens is 1. The van der Waals surface area contributed by atoms with Crippen LogP contribution in [0.3, 0.4) is 0 Å². The van der Waals surface area contributed by atoms with Gasteiger partial charge in [-0.05, 0) is 92.2 Å². The van der Waals surface area contributed by atoms with Crippen molar-refractivity contribution < 1.29 is 23.5 Å². The van der Waals surface area contributed by atoms with Gasteiger partial charge in [0.25, 0.3) is 11.8 Å². The number of carbonyl (C=O) groups excluding carboxylic acids is 3. The summed E-state index contributed by atoms with van der Waals surface area (Å²) in [5.74, 6) is 0.386. The van der Waals surface area contributed by atoms with Crippen molar-refractivity contribution in [2.75, 3.05) is 17.7 Å². The number of thioether (sulfide) groups is 1. The third-order valence-electron chi connectivity index (χ3n) is 7.07. The lowest BCUT2D eigenvalue weighted by Gasteiger charge is -2.14. The van der Waals surface area contributed by atoms with Gasteiger partial charge in [0, 0.05) is 32.9 Å². The first-order chi connectivity index (χ1) is 22.7. The van der Waals surface area contributed by atoms with Gasteiger partial charge in [0.15, 0.2) is 0 Å². The van der Waals surface area contributed by atoms with Crippen LogP contribution >= 0.6 is 23.4 Å². The van der Waals surface area contributed by atoms with Crippen LogP contribution in [0.5, 0.6) is 5.75 Å². The van der Waals surface area contributed by atoms with E-state index in [2.05, 4.69) is 16.0 Å². The van der Waals surface area contributed by atoms with E-state index in [-0.39, 0.29) is 11.6 Å². The molecular formula is C37H32ClN3O5S. The molecule has 5 rings (SSSR count). The first kappa shape index (κ1) is 33.1. The average Bonchev–Trinajstić information content (AvgIpc) is 3.55. The lowest BCUT2D eigenvalue weighted by atomic mass is 10.1. The molecule has 0 aliphatic rings. The normalized spacial score (nSPS) is 11.8. The SMILES string of the molecule is COc1ccccc1-c1ccc(C=C(NC(=O)c2ccccc2)C(=O)Nc2ccc(SC(C)C(=O)Nc3cc(Cl)ccc3C)cc2)o1. The Kier molecular flexibility index (Phi) is 10.8. The molecular weight excluding hydrogens is 634 g/mol. The lowest BCUT2D eigenvalue weighted by molar-refractivity contribution is -0.115. The smallest absolute Gasteiger partial charge is 0.272 e. The molecule has 10 heteroatoms. The van der Waals surface area contributed by atoms with Crippen molar-refractivity contribution in [1.29, 1.82) is 0 Å². The van der Waals surface area contributed by atoms with E-state index in [9.17, 15) is 14.4 Å². The standard InChI is InChI=1S/C37H32ClN3O5S/c1-23-13-14-26(38)21-31(23)40-35(42)24(2)47-29-18-15-27(16-19-29)39-37(44)32(41-36(43)25-9-5-4-6-10-25)22-28-17-20-34(46-28)30-11-7-8-12-33(30)45-3/h4-22,24H,1-3H3,(H,39,44)(H,40,42)(H,41,43). The summed E-state index contributed by atoms with van der Waals surface area (Å²) < 4.78 is 11.5. The van der Waals surface area contributed by atoms with Gasteiger partial charge in [-0.15, -0.1) is 11.8 Å².